The van der Waals surface area contributed by atoms with Crippen LogP contribution in [0.3, 0.4) is 0 Å². The normalized spacial score (nSPS) is 13.5. The molecule has 0 aliphatic carbocycles. The molecule has 0 N–H and O–H groups in total. The third kappa shape index (κ3) is 30.1. The predicted molar refractivity (Wildman–Crippen MR) is 163 cm³/mol. The summed E-state index contributed by atoms with van der Waals surface area (Å²) < 4.78 is 0. The molecule has 0 heteroatoms. The van der Waals surface area contributed by atoms with Crippen LogP contribution in [-0.4, -0.2) is 0 Å². The minimum atomic E-state index is 0.891. The van der Waals surface area contributed by atoms with Crippen molar-refractivity contribution in [1.29, 1.82) is 0 Å². The number of hydrogen-bond donors (Lipinski definition) is 0. The molecular weight excluding hydrogens is 420 g/mol. The van der Waals surface area contributed by atoms with Crippen molar-refractivity contribution in [2.45, 2.75) is 208 Å². The van der Waals surface area contributed by atoms with Crippen molar-refractivity contribution in [3.63, 3.8) is 0 Å². The van der Waals surface area contributed by atoms with Crippen LogP contribution in [0.25, 0.3) is 0 Å². The van der Waals surface area contributed by atoms with E-state index in [0.717, 1.165) is 17.8 Å². The van der Waals surface area contributed by atoms with Crippen molar-refractivity contribution in [3.8, 4) is 0 Å². The number of rotatable bonds is 29. The van der Waals surface area contributed by atoms with Crippen LogP contribution in [-0.2, 0) is 0 Å². The van der Waals surface area contributed by atoms with E-state index in [1.165, 1.54) is 173 Å². The zero-order chi connectivity index (χ0) is 25.8. The van der Waals surface area contributed by atoms with Crippen LogP contribution in [0.4, 0.5) is 0 Å². The van der Waals surface area contributed by atoms with Gasteiger partial charge in [-0.1, -0.05) is 208 Å². The van der Waals surface area contributed by atoms with E-state index >= 15 is 0 Å². The molecule has 0 saturated heterocycles. The Balaban J connectivity index is 3.26. The van der Waals surface area contributed by atoms with Crippen LogP contribution in [0, 0.1) is 17.8 Å². The first-order chi connectivity index (χ1) is 17.1. The zero-order valence-electron chi connectivity index (χ0n) is 25.8. The molecule has 0 aliphatic heterocycles. The molecule has 0 bridgehead atoms. The Hall–Kier alpha value is 0. The average molecular weight is 493 g/mol. The summed E-state index contributed by atoms with van der Waals surface area (Å²) in [4.78, 5) is 0. The van der Waals surface area contributed by atoms with Gasteiger partial charge in [0.05, 0.1) is 0 Å². The molecule has 2 unspecified atom stereocenters. The lowest BCUT2D eigenvalue weighted by Crippen LogP contribution is -1.97. The van der Waals surface area contributed by atoms with E-state index in [1.54, 1.807) is 0 Å². The fourth-order valence-corrected chi connectivity index (χ4v) is 5.71. The van der Waals surface area contributed by atoms with E-state index in [-0.39, 0.29) is 0 Å². The van der Waals surface area contributed by atoms with Crippen LogP contribution in [0.2, 0.25) is 0 Å². The monoisotopic (exact) mass is 493 g/mol. The Labute approximate surface area is 225 Å². The summed E-state index contributed by atoms with van der Waals surface area (Å²) in [5, 5.41) is 0. The summed E-state index contributed by atoms with van der Waals surface area (Å²) in [5.74, 6) is 2.81. The molecule has 0 aliphatic rings. The highest BCUT2D eigenvalue weighted by molar-refractivity contribution is 4.59. The van der Waals surface area contributed by atoms with Crippen LogP contribution in [0.15, 0.2) is 0 Å². The van der Waals surface area contributed by atoms with Gasteiger partial charge in [0, 0.05) is 0 Å². The van der Waals surface area contributed by atoms with Gasteiger partial charge >= 0.3 is 0 Å². The Morgan fingerprint density at radius 2 is 0.514 bits per heavy atom. The highest BCUT2D eigenvalue weighted by Gasteiger charge is 2.05. The Morgan fingerprint density at radius 1 is 0.286 bits per heavy atom. The van der Waals surface area contributed by atoms with Crippen molar-refractivity contribution in [1.82, 2.24) is 0 Å². The molecule has 0 amide bonds. The molecule has 0 fully saturated rings. The minimum absolute atomic E-state index is 0.891. The largest absolute Gasteiger partial charge is 0.0654 e. The molecule has 0 spiro atoms. The van der Waals surface area contributed by atoms with E-state index in [4.69, 9.17) is 0 Å². The van der Waals surface area contributed by atoms with Gasteiger partial charge in [-0.15, -0.1) is 0 Å². The van der Waals surface area contributed by atoms with E-state index in [9.17, 15) is 0 Å². The standard InChI is InChI=1S/C35H72/c1-6-7-8-9-10-11-12-13-14-15-16-17-20-24-29-34(4)31-26-22-27-32-35(5)30-25-21-18-19-23-28-33(2)3/h33-35H,6-32H2,1-5H3. The quantitative estimate of drug-likeness (QED) is 0.0910. The maximum absolute atomic E-state index is 2.51. The summed E-state index contributed by atoms with van der Waals surface area (Å²) in [6, 6.07) is 0. The minimum Gasteiger partial charge on any atom is -0.0654 e. The lowest BCUT2D eigenvalue weighted by Gasteiger charge is -2.13. The lowest BCUT2D eigenvalue weighted by molar-refractivity contribution is 0.406. The summed E-state index contributed by atoms with van der Waals surface area (Å²) in [6.45, 7) is 12.0. The highest BCUT2D eigenvalue weighted by Crippen LogP contribution is 2.21. The summed E-state index contributed by atoms with van der Waals surface area (Å²) in [6.07, 6.45) is 39.7. The molecular formula is C35H72. The first kappa shape index (κ1) is 35.0. The second kappa shape index (κ2) is 28.6. The van der Waals surface area contributed by atoms with E-state index in [2.05, 4.69) is 34.6 Å². The maximum atomic E-state index is 2.51. The van der Waals surface area contributed by atoms with E-state index in [1.807, 2.05) is 0 Å². The molecule has 0 rings (SSSR count). The Bertz CT molecular complexity index is 370. The SMILES string of the molecule is CCCCCCCCCCCCCCCCC(C)CCCCCC(C)CCCCCCCC(C)C. The third-order valence-electron chi connectivity index (χ3n) is 8.42. The fourth-order valence-electron chi connectivity index (χ4n) is 5.71. The van der Waals surface area contributed by atoms with Gasteiger partial charge in [-0.2, -0.15) is 0 Å². The first-order valence-corrected chi connectivity index (χ1v) is 17.1. The predicted octanol–water partition coefficient (Wildman–Crippen LogP) is 13.5. The van der Waals surface area contributed by atoms with Gasteiger partial charge in [-0.3, -0.25) is 0 Å². The lowest BCUT2D eigenvalue weighted by atomic mass is 9.93. The summed E-state index contributed by atoms with van der Waals surface area (Å²) in [5.41, 5.74) is 0. The molecule has 0 saturated carbocycles. The molecule has 0 aromatic heterocycles. The molecule has 212 valence electrons. The summed E-state index contributed by atoms with van der Waals surface area (Å²) >= 11 is 0. The molecule has 35 heavy (non-hydrogen) atoms. The molecule has 2 atom stereocenters. The molecule has 0 nitrogen and oxygen atoms in total. The van der Waals surface area contributed by atoms with Crippen molar-refractivity contribution >= 4 is 0 Å². The summed E-state index contributed by atoms with van der Waals surface area (Å²) in [7, 11) is 0. The van der Waals surface area contributed by atoms with Crippen LogP contribution < -0.4 is 0 Å². The number of unbranched alkanes of at least 4 members (excludes halogenated alkanes) is 19. The second-order valence-electron chi connectivity index (χ2n) is 13.0. The smallest absolute Gasteiger partial charge is 0.0443 e. The van der Waals surface area contributed by atoms with Crippen molar-refractivity contribution in [2.24, 2.45) is 17.8 Å². The van der Waals surface area contributed by atoms with Crippen LogP contribution in [0.1, 0.15) is 208 Å². The molecule has 0 aromatic carbocycles. The van der Waals surface area contributed by atoms with Gasteiger partial charge in [0.2, 0.25) is 0 Å². The van der Waals surface area contributed by atoms with Gasteiger partial charge in [-0.25, -0.2) is 0 Å². The van der Waals surface area contributed by atoms with Crippen LogP contribution in [0.5, 0.6) is 0 Å². The van der Waals surface area contributed by atoms with Crippen molar-refractivity contribution in [3.05, 3.63) is 0 Å². The van der Waals surface area contributed by atoms with Crippen LogP contribution >= 0.6 is 0 Å². The zero-order valence-corrected chi connectivity index (χ0v) is 25.8. The highest BCUT2D eigenvalue weighted by atomic mass is 14.1. The third-order valence-corrected chi connectivity index (χ3v) is 8.42. The van der Waals surface area contributed by atoms with Crippen molar-refractivity contribution < 1.29 is 0 Å². The van der Waals surface area contributed by atoms with Crippen molar-refractivity contribution in [2.75, 3.05) is 0 Å². The van der Waals surface area contributed by atoms with E-state index < -0.39 is 0 Å². The topological polar surface area (TPSA) is 0 Å². The van der Waals surface area contributed by atoms with Gasteiger partial charge in [0.1, 0.15) is 0 Å². The Kier molecular flexibility index (Phi) is 28.6. The molecule has 0 heterocycles. The molecule has 0 radical (unpaired) electrons. The number of hydrogen-bond acceptors (Lipinski definition) is 0. The Morgan fingerprint density at radius 3 is 0.800 bits per heavy atom. The maximum Gasteiger partial charge on any atom is -0.0443 e. The van der Waals surface area contributed by atoms with Gasteiger partial charge in [0.15, 0.2) is 0 Å². The van der Waals surface area contributed by atoms with Gasteiger partial charge in [-0.05, 0) is 17.8 Å². The fraction of sp³-hybridized carbons (Fsp3) is 1.00. The average Bonchev–Trinajstić information content (AvgIpc) is 2.83. The first-order valence-electron chi connectivity index (χ1n) is 17.1. The molecule has 0 aromatic rings. The van der Waals surface area contributed by atoms with Gasteiger partial charge in [0.25, 0.3) is 0 Å². The van der Waals surface area contributed by atoms with E-state index in [0.29, 0.717) is 0 Å². The van der Waals surface area contributed by atoms with Gasteiger partial charge < -0.3 is 0 Å². The second-order valence-corrected chi connectivity index (χ2v) is 13.0.